The average Bonchev–Trinajstić information content (AvgIpc) is 2.08. The SMILES string of the molecule is COC(=O)N1CCC(C)C(O)C1. The summed E-state index contributed by atoms with van der Waals surface area (Å²) in [6.07, 6.45) is 0.0924. The minimum atomic E-state index is -0.405. The Morgan fingerprint density at radius 2 is 2.33 bits per heavy atom. The number of piperidine rings is 1. The number of carbonyl (C=O) groups is 1. The standard InChI is InChI=1S/C8H15NO3/c1-6-3-4-9(5-7(6)10)8(11)12-2/h6-7,10H,3-5H2,1-2H3. The first-order valence-corrected chi connectivity index (χ1v) is 4.16. The van der Waals surface area contributed by atoms with E-state index in [1.807, 2.05) is 6.92 Å². The van der Waals surface area contributed by atoms with Gasteiger partial charge in [0.1, 0.15) is 0 Å². The first kappa shape index (κ1) is 9.32. The summed E-state index contributed by atoms with van der Waals surface area (Å²) in [4.78, 5) is 12.5. The van der Waals surface area contributed by atoms with Crippen molar-refractivity contribution in [2.75, 3.05) is 20.2 Å². The first-order chi connectivity index (χ1) is 5.65. The number of nitrogens with zero attached hydrogens (tertiary/aromatic N) is 1. The maximum absolute atomic E-state index is 11.0. The van der Waals surface area contributed by atoms with Gasteiger partial charge in [0.05, 0.1) is 19.8 Å². The van der Waals surface area contributed by atoms with Crippen molar-refractivity contribution >= 4 is 6.09 Å². The van der Waals surface area contributed by atoms with E-state index < -0.39 is 6.10 Å². The van der Waals surface area contributed by atoms with Crippen LogP contribution in [0.25, 0.3) is 0 Å². The number of aliphatic hydroxyl groups is 1. The summed E-state index contributed by atoms with van der Waals surface area (Å²) in [7, 11) is 1.35. The van der Waals surface area contributed by atoms with Gasteiger partial charge in [-0.25, -0.2) is 4.79 Å². The minimum absolute atomic E-state index is 0.283. The highest BCUT2D eigenvalue weighted by Gasteiger charge is 2.27. The predicted octanol–water partition coefficient (Wildman–Crippen LogP) is 0.455. The molecule has 1 fully saturated rings. The molecule has 1 amide bonds. The van der Waals surface area contributed by atoms with Crippen molar-refractivity contribution < 1.29 is 14.6 Å². The number of β-amino-alcohol motifs (C(OH)–C–C–N with tert-alkyl or cyclic N) is 1. The Labute approximate surface area is 72.1 Å². The van der Waals surface area contributed by atoms with Crippen LogP contribution >= 0.6 is 0 Å². The number of methoxy groups -OCH3 is 1. The van der Waals surface area contributed by atoms with E-state index in [2.05, 4.69) is 4.74 Å². The molecule has 1 rings (SSSR count). The van der Waals surface area contributed by atoms with Crippen LogP contribution in [0.3, 0.4) is 0 Å². The summed E-state index contributed by atoms with van der Waals surface area (Å²) in [5.41, 5.74) is 0. The molecule has 1 N–H and O–H groups in total. The second-order valence-corrected chi connectivity index (χ2v) is 3.25. The molecular weight excluding hydrogens is 158 g/mol. The molecule has 0 bridgehead atoms. The zero-order valence-corrected chi connectivity index (χ0v) is 7.49. The van der Waals surface area contributed by atoms with Crippen LogP contribution in [0, 0.1) is 5.92 Å². The second kappa shape index (κ2) is 3.76. The number of likely N-dealkylation sites (tertiary alicyclic amines) is 1. The quantitative estimate of drug-likeness (QED) is 0.578. The molecule has 0 spiro atoms. The van der Waals surface area contributed by atoms with Crippen molar-refractivity contribution in [3.63, 3.8) is 0 Å². The molecule has 12 heavy (non-hydrogen) atoms. The Morgan fingerprint density at radius 1 is 1.67 bits per heavy atom. The van der Waals surface area contributed by atoms with Crippen LogP contribution < -0.4 is 0 Å². The Kier molecular flexibility index (Phi) is 2.92. The molecule has 0 aromatic rings. The molecule has 1 aliphatic heterocycles. The molecule has 2 atom stereocenters. The van der Waals surface area contributed by atoms with E-state index in [0.717, 1.165) is 6.42 Å². The van der Waals surface area contributed by atoms with E-state index in [9.17, 15) is 9.90 Å². The van der Waals surface area contributed by atoms with E-state index in [0.29, 0.717) is 13.1 Å². The molecule has 70 valence electrons. The van der Waals surface area contributed by atoms with Gasteiger partial charge in [0.2, 0.25) is 0 Å². The van der Waals surface area contributed by atoms with Crippen molar-refractivity contribution in [3.8, 4) is 0 Å². The van der Waals surface area contributed by atoms with Crippen LogP contribution in [0.4, 0.5) is 4.79 Å². The molecule has 0 aromatic carbocycles. The predicted molar refractivity (Wildman–Crippen MR) is 43.8 cm³/mol. The number of hydrogen-bond donors (Lipinski definition) is 1. The third kappa shape index (κ3) is 1.88. The lowest BCUT2D eigenvalue weighted by Crippen LogP contribution is -2.45. The smallest absolute Gasteiger partial charge is 0.409 e. The Balaban J connectivity index is 2.45. The lowest BCUT2D eigenvalue weighted by atomic mass is 9.96. The molecule has 0 saturated carbocycles. The number of rotatable bonds is 0. The van der Waals surface area contributed by atoms with Gasteiger partial charge >= 0.3 is 6.09 Å². The van der Waals surface area contributed by atoms with Crippen LogP contribution in [-0.4, -0.2) is 42.4 Å². The third-order valence-corrected chi connectivity index (χ3v) is 2.35. The largest absolute Gasteiger partial charge is 0.453 e. The van der Waals surface area contributed by atoms with E-state index in [4.69, 9.17) is 0 Å². The first-order valence-electron chi connectivity index (χ1n) is 4.16. The number of amides is 1. The van der Waals surface area contributed by atoms with Crippen LogP contribution in [0.15, 0.2) is 0 Å². The molecule has 4 nitrogen and oxygen atoms in total. The molecule has 1 aliphatic rings. The summed E-state index contributed by atoms with van der Waals surface area (Å²) in [5.74, 6) is 0.283. The fourth-order valence-electron chi connectivity index (χ4n) is 1.34. The number of aliphatic hydroxyl groups excluding tert-OH is 1. The summed E-state index contributed by atoms with van der Waals surface area (Å²) in [6.45, 7) is 3.07. The molecule has 0 aliphatic carbocycles. The highest BCUT2D eigenvalue weighted by molar-refractivity contribution is 5.67. The van der Waals surface area contributed by atoms with E-state index >= 15 is 0 Å². The van der Waals surface area contributed by atoms with Crippen LogP contribution in [-0.2, 0) is 4.74 Å². The van der Waals surface area contributed by atoms with E-state index in [-0.39, 0.29) is 12.0 Å². The van der Waals surface area contributed by atoms with E-state index in [1.54, 1.807) is 0 Å². The Bertz CT molecular complexity index is 172. The molecule has 1 saturated heterocycles. The summed E-state index contributed by atoms with van der Waals surface area (Å²) < 4.78 is 4.55. The zero-order chi connectivity index (χ0) is 9.14. The Hall–Kier alpha value is -0.770. The fourth-order valence-corrected chi connectivity index (χ4v) is 1.34. The van der Waals surface area contributed by atoms with Gasteiger partial charge in [-0.3, -0.25) is 0 Å². The van der Waals surface area contributed by atoms with Crippen molar-refractivity contribution in [1.29, 1.82) is 0 Å². The fraction of sp³-hybridized carbons (Fsp3) is 0.875. The summed E-state index contributed by atoms with van der Waals surface area (Å²) >= 11 is 0. The second-order valence-electron chi connectivity index (χ2n) is 3.25. The highest BCUT2D eigenvalue weighted by Crippen LogP contribution is 2.17. The maximum atomic E-state index is 11.0. The Morgan fingerprint density at radius 3 is 2.83 bits per heavy atom. The summed E-state index contributed by atoms with van der Waals surface area (Å²) in [6, 6.07) is 0. The molecular formula is C8H15NO3. The molecule has 0 radical (unpaired) electrons. The van der Waals surface area contributed by atoms with Crippen LogP contribution in [0.2, 0.25) is 0 Å². The normalized spacial score (nSPS) is 30.1. The lowest BCUT2D eigenvalue weighted by Gasteiger charge is -2.33. The van der Waals surface area contributed by atoms with Gasteiger partial charge in [0.15, 0.2) is 0 Å². The zero-order valence-electron chi connectivity index (χ0n) is 7.49. The molecule has 1 heterocycles. The topological polar surface area (TPSA) is 49.8 Å². The minimum Gasteiger partial charge on any atom is -0.453 e. The monoisotopic (exact) mass is 173 g/mol. The molecule has 4 heteroatoms. The number of carbonyl (C=O) groups excluding carboxylic acids is 1. The number of hydrogen-bond acceptors (Lipinski definition) is 3. The maximum Gasteiger partial charge on any atom is 0.409 e. The van der Waals surface area contributed by atoms with Gasteiger partial charge in [0.25, 0.3) is 0 Å². The lowest BCUT2D eigenvalue weighted by molar-refractivity contribution is 0.0265. The van der Waals surface area contributed by atoms with Gasteiger partial charge < -0.3 is 14.7 Å². The van der Waals surface area contributed by atoms with Crippen LogP contribution in [0.1, 0.15) is 13.3 Å². The molecule has 0 aromatic heterocycles. The summed E-state index contributed by atoms with van der Waals surface area (Å²) in [5, 5.41) is 9.44. The molecule has 2 unspecified atom stereocenters. The van der Waals surface area contributed by atoms with Crippen molar-refractivity contribution in [2.45, 2.75) is 19.4 Å². The van der Waals surface area contributed by atoms with Gasteiger partial charge in [-0.2, -0.15) is 0 Å². The van der Waals surface area contributed by atoms with E-state index in [1.165, 1.54) is 12.0 Å². The average molecular weight is 173 g/mol. The van der Waals surface area contributed by atoms with Gasteiger partial charge in [-0.05, 0) is 12.3 Å². The highest BCUT2D eigenvalue weighted by atomic mass is 16.5. The van der Waals surface area contributed by atoms with Crippen molar-refractivity contribution in [1.82, 2.24) is 4.90 Å². The van der Waals surface area contributed by atoms with Gasteiger partial charge in [-0.15, -0.1) is 0 Å². The van der Waals surface area contributed by atoms with Crippen molar-refractivity contribution in [3.05, 3.63) is 0 Å². The number of ether oxygens (including phenoxy) is 1. The van der Waals surface area contributed by atoms with Gasteiger partial charge in [-0.1, -0.05) is 6.92 Å². The third-order valence-electron chi connectivity index (χ3n) is 2.35. The van der Waals surface area contributed by atoms with Gasteiger partial charge in [0, 0.05) is 6.54 Å². The van der Waals surface area contributed by atoms with Crippen molar-refractivity contribution in [2.24, 2.45) is 5.92 Å². The van der Waals surface area contributed by atoms with Crippen LogP contribution in [0.5, 0.6) is 0 Å².